The third-order valence-corrected chi connectivity index (χ3v) is 2.84. The zero-order valence-corrected chi connectivity index (χ0v) is 12.3. The number of halogens is 3. The Morgan fingerprint density at radius 2 is 2.14 bits per heavy atom. The number of aromatic nitrogens is 2. The lowest BCUT2D eigenvalue weighted by Crippen LogP contribution is -2.00. The van der Waals surface area contributed by atoms with E-state index in [0.29, 0.717) is 28.4 Å². The average molecular weight is 320 g/mol. The molecule has 0 aliphatic carbocycles. The molecule has 0 aliphatic rings. The summed E-state index contributed by atoms with van der Waals surface area (Å²) in [5.41, 5.74) is 1.89. The highest BCUT2D eigenvalue weighted by Crippen LogP contribution is 2.27. The average Bonchev–Trinajstić information content (AvgIpc) is 2.79. The summed E-state index contributed by atoms with van der Waals surface area (Å²) in [7, 11) is 1.46. The molecular weight excluding hydrogens is 304 g/mol. The van der Waals surface area contributed by atoms with E-state index >= 15 is 0 Å². The van der Waals surface area contributed by atoms with Gasteiger partial charge in [-0.1, -0.05) is 6.07 Å². The molecule has 1 heterocycles. The van der Waals surface area contributed by atoms with E-state index in [1.807, 2.05) is 0 Å². The van der Waals surface area contributed by atoms with E-state index in [2.05, 4.69) is 10.4 Å². The Morgan fingerprint density at radius 1 is 1.43 bits per heavy atom. The summed E-state index contributed by atoms with van der Waals surface area (Å²) in [6.07, 6.45) is 1.26. The number of alkyl halides is 2. The Balaban J connectivity index is 0.00000220. The lowest BCUT2D eigenvalue weighted by Gasteiger charge is -2.08. The molecule has 0 aliphatic heterocycles. The van der Waals surface area contributed by atoms with Gasteiger partial charge in [-0.15, -0.1) is 12.4 Å². The van der Waals surface area contributed by atoms with Crippen LogP contribution in [0.25, 0.3) is 0 Å². The quantitative estimate of drug-likeness (QED) is 0.887. The molecule has 21 heavy (non-hydrogen) atoms. The molecule has 2 aromatic rings. The van der Waals surface area contributed by atoms with Crippen molar-refractivity contribution in [3.8, 4) is 11.5 Å². The number of hydrogen-bond acceptors (Lipinski definition) is 4. The topological polar surface area (TPSA) is 59.3 Å². The first-order valence-electron chi connectivity index (χ1n) is 5.95. The molecule has 2 N–H and O–H groups in total. The summed E-state index contributed by atoms with van der Waals surface area (Å²) in [5.74, 6) is 0.419. The molecule has 0 amide bonds. The van der Waals surface area contributed by atoms with Gasteiger partial charge < -0.3 is 15.2 Å². The second-order valence-electron chi connectivity index (χ2n) is 4.25. The monoisotopic (exact) mass is 319 g/mol. The van der Waals surface area contributed by atoms with Gasteiger partial charge in [-0.2, -0.15) is 13.9 Å². The molecule has 116 valence electrons. The van der Waals surface area contributed by atoms with Crippen molar-refractivity contribution in [1.29, 1.82) is 0 Å². The van der Waals surface area contributed by atoms with E-state index in [9.17, 15) is 13.9 Å². The van der Waals surface area contributed by atoms with Crippen LogP contribution < -0.4 is 10.1 Å². The predicted octanol–water partition coefficient (Wildman–Crippen LogP) is 3.33. The van der Waals surface area contributed by atoms with E-state index in [1.165, 1.54) is 19.4 Å². The van der Waals surface area contributed by atoms with Gasteiger partial charge in [-0.05, 0) is 24.6 Å². The number of aromatic hydroxyl groups is 1. The van der Waals surface area contributed by atoms with Gasteiger partial charge in [0.15, 0.2) is 11.5 Å². The summed E-state index contributed by atoms with van der Waals surface area (Å²) in [5, 5.41) is 16.2. The number of anilines is 1. The standard InChI is InChI=1S/C13H15F2N3O2.ClH/c1-8-10(7-18(17-8)13(14)15)16-6-9-3-4-11(19)12(5-9)20-2;/h3-5,7,13,16,19H,6H2,1-2H3;1H. The number of nitrogens with zero attached hydrogens (tertiary/aromatic N) is 2. The molecule has 0 unspecified atom stereocenters. The highest BCUT2D eigenvalue weighted by atomic mass is 35.5. The second-order valence-corrected chi connectivity index (χ2v) is 4.25. The number of aryl methyl sites for hydroxylation is 1. The van der Waals surface area contributed by atoms with E-state index in [4.69, 9.17) is 4.74 Å². The van der Waals surface area contributed by atoms with E-state index in [-0.39, 0.29) is 18.2 Å². The SMILES string of the molecule is COc1cc(CNc2cn(C(F)F)nc2C)ccc1O.Cl. The van der Waals surface area contributed by atoms with E-state index in [0.717, 1.165) is 5.56 Å². The normalized spacial score (nSPS) is 10.3. The lowest BCUT2D eigenvalue weighted by molar-refractivity contribution is 0.0563. The Kier molecular flexibility index (Phi) is 5.78. The van der Waals surface area contributed by atoms with Crippen molar-refractivity contribution in [3.63, 3.8) is 0 Å². The van der Waals surface area contributed by atoms with Crippen LogP contribution in [0.3, 0.4) is 0 Å². The molecule has 1 aromatic carbocycles. The van der Waals surface area contributed by atoms with Crippen LogP contribution in [0.15, 0.2) is 24.4 Å². The molecule has 0 spiro atoms. The molecule has 1 aromatic heterocycles. The Hall–Kier alpha value is -2.02. The van der Waals surface area contributed by atoms with Crippen molar-refractivity contribution in [3.05, 3.63) is 35.7 Å². The molecule has 0 bridgehead atoms. The fraction of sp³-hybridized carbons (Fsp3) is 0.308. The van der Waals surface area contributed by atoms with Crippen LogP contribution >= 0.6 is 12.4 Å². The first kappa shape index (κ1) is 17.0. The molecule has 0 saturated heterocycles. The predicted molar refractivity (Wildman–Crippen MR) is 77.5 cm³/mol. The van der Waals surface area contributed by atoms with Crippen LogP contribution in [0, 0.1) is 6.92 Å². The van der Waals surface area contributed by atoms with E-state index in [1.54, 1.807) is 19.1 Å². The summed E-state index contributed by atoms with van der Waals surface area (Å²) >= 11 is 0. The summed E-state index contributed by atoms with van der Waals surface area (Å²) < 4.78 is 30.6. The van der Waals surface area contributed by atoms with Crippen LogP contribution in [-0.2, 0) is 6.54 Å². The summed E-state index contributed by atoms with van der Waals surface area (Å²) in [6.45, 7) is -0.594. The van der Waals surface area contributed by atoms with Gasteiger partial charge >= 0.3 is 6.55 Å². The zero-order valence-electron chi connectivity index (χ0n) is 11.5. The first-order chi connectivity index (χ1) is 9.51. The fourth-order valence-corrected chi connectivity index (χ4v) is 1.78. The lowest BCUT2D eigenvalue weighted by atomic mass is 10.2. The smallest absolute Gasteiger partial charge is 0.333 e. The van der Waals surface area contributed by atoms with Gasteiger partial charge in [0.2, 0.25) is 0 Å². The van der Waals surface area contributed by atoms with Gasteiger partial charge in [0.05, 0.1) is 24.7 Å². The Morgan fingerprint density at radius 3 is 2.71 bits per heavy atom. The highest BCUT2D eigenvalue weighted by molar-refractivity contribution is 5.85. The van der Waals surface area contributed by atoms with Crippen molar-refractivity contribution < 1.29 is 18.6 Å². The number of hydrogen-bond donors (Lipinski definition) is 2. The van der Waals surface area contributed by atoms with Gasteiger partial charge in [-0.3, -0.25) is 0 Å². The van der Waals surface area contributed by atoms with Crippen LogP contribution in [-0.4, -0.2) is 22.0 Å². The molecule has 0 atom stereocenters. The number of methoxy groups -OCH3 is 1. The minimum Gasteiger partial charge on any atom is -0.504 e. The minimum absolute atomic E-state index is 0. The van der Waals surface area contributed by atoms with Gasteiger partial charge in [0.25, 0.3) is 0 Å². The maximum atomic E-state index is 12.5. The first-order valence-corrected chi connectivity index (χ1v) is 5.95. The van der Waals surface area contributed by atoms with E-state index < -0.39 is 6.55 Å². The van der Waals surface area contributed by atoms with Crippen LogP contribution in [0.2, 0.25) is 0 Å². The molecule has 0 saturated carbocycles. The Labute approximate surface area is 126 Å². The van der Waals surface area contributed by atoms with Crippen molar-refractivity contribution in [2.45, 2.75) is 20.0 Å². The van der Waals surface area contributed by atoms with Crippen molar-refractivity contribution >= 4 is 18.1 Å². The zero-order chi connectivity index (χ0) is 14.7. The van der Waals surface area contributed by atoms with Crippen LogP contribution in [0.1, 0.15) is 17.8 Å². The third-order valence-electron chi connectivity index (χ3n) is 2.84. The number of nitrogens with one attached hydrogen (secondary N) is 1. The minimum atomic E-state index is -2.65. The fourth-order valence-electron chi connectivity index (χ4n) is 1.78. The third kappa shape index (κ3) is 3.98. The maximum Gasteiger partial charge on any atom is 0.333 e. The summed E-state index contributed by atoms with van der Waals surface area (Å²) in [4.78, 5) is 0. The molecule has 2 rings (SSSR count). The van der Waals surface area contributed by atoms with Crippen LogP contribution in [0.4, 0.5) is 14.5 Å². The largest absolute Gasteiger partial charge is 0.504 e. The van der Waals surface area contributed by atoms with Crippen molar-refractivity contribution in [2.24, 2.45) is 0 Å². The maximum absolute atomic E-state index is 12.5. The van der Waals surface area contributed by atoms with Gasteiger partial charge in [0.1, 0.15) is 0 Å². The van der Waals surface area contributed by atoms with Gasteiger partial charge in [0, 0.05) is 6.54 Å². The molecule has 0 fully saturated rings. The second kappa shape index (κ2) is 7.12. The number of phenols is 1. The highest BCUT2D eigenvalue weighted by Gasteiger charge is 2.11. The molecule has 8 heteroatoms. The number of phenolic OH excluding ortho intramolecular Hbond substituents is 1. The molecule has 5 nitrogen and oxygen atoms in total. The van der Waals surface area contributed by atoms with Crippen LogP contribution in [0.5, 0.6) is 11.5 Å². The molecule has 0 radical (unpaired) electrons. The van der Waals surface area contributed by atoms with Crippen molar-refractivity contribution in [2.75, 3.05) is 12.4 Å². The molecular formula is C13H16ClF2N3O2. The number of ether oxygens (including phenoxy) is 1. The Bertz CT molecular complexity index is 605. The van der Waals surface area contributed by atoms with Crippen molar-refractivity contribution in [1.82, 2.24) is 9.78 Å². The number of rotatable bonds is 5. The van der Waals surface area contributed by atoms with Gasteiger partial charge in [-0.25, -0.2) is 4.68 Å². The summed E-state index contributed by atoms with van der Waals surface area (Å²) in [6, 6.07) is 4.91. The number of benzene rings is 1.